The maximum Gasteiger partial charge on any atom is 0.238 e. The summed E-state index contributed by atoms with van der Waals surface area (Å²) in [6.45, 7) is 2.61. The predicted molar refractivity (Wildman–Crippen MR) is 82.4 cm³/mol. The first-order valence-electron chi connectivity index (χ1n) is 8.00. The van der Waals surface area contributed by atoms with Crippen LogP contribution in [0.2, 0.25) is 0 Å². The molecule has 0 spiro atoms. The van der Waals surface area contributed by atoms with Gasteiger partial charge >= 0.3 is 0 Å². The summed E-state index contributed by atoms with van der Waals surface area (Å²) in [7, 11) is 0. The Morgan fingerprint density at radius 3 is 2.36 bits per heavy atom. The number of carbonyl (C=O) groups is 2. The Bertz CT molecular complexity index is 636. The third-order valence-electron chi connectivity index (χ3n) is 5.04. The molecule has 0 unspecified atom stereocenters. The molecule has 2 fully saturated rings. The van der Waals surface area contributed by atoms with Gasteiger partial charge in [0.05, 0.1) is 24.1 Å². The number of imide groups is 1. The van der Waals surface area contributed by atoms with E-state index in [1.54, 1.807) is 6.07 Å². The maximum atomic E-state index is 12.8. The van der Waals surface area contributed by atoms with Crippen LogP contribution in [0, 0.1) is 23.7 Å². The van der Waals surface area contributed by atoms with Gasteiger partial charge in [-0.2, -0.15) is 0 Å². The van der Waals surface area contributed by atoms with Crippen molar-refractivity contribution in [1.82, 2.24) is 0 Å². The number of hydrogen-bond donors (Lipinski definition) is 0. The highest BCUT2D eigenvalue weighted by atomic mass is 16.5. The van der Waals surface area contributed by atoms with E-state index < -0.39 is 0 Å². The van der Waals surface area contributed by atoms with Crippen molar-refractivity contribution in [1.29, 1.82) is 0 Å². The summed E-state index contributed by atoms with van der Waals surface area (Å²) >= 11 is 0. The van der Waals surface area contributed by atoms with E-state index in [0.29, 0.717) is 18.0 Å². The van der Waals surface area contributed by atoms with Crippen LogP contribution >= 0.6 is 0 Å². The minimum atomic E-state index is -0.165. The molecule has 1 saturated carbocycles. The number of amides is 2. The van der Waals surface area contributed by atoms with Crippen molar-refractivity contribution in [2.75, 3.05) is 11.5 Å². The highest BCUT2D eigenvalue weighted by Gasteiger charge is 2.59. The van der Waals surface area contributed by atoms with Crippen molar-refractivity contribution in [3.63, 3.8) is 0 Å². The minimum absolute atomic E-state index is 0.0561. The molecule has 2 bridgehead atoms. The van der Waals surface area contributed by atoms with E-state index in [9.17, 15) is 9.59 Å². The number of anilines is 1. The predicted octanol–water partition coefficient (Wildman–Crippen LogP) is 2.79. The van der Waals surface area contributed by atoms with Gasteiger partial charge in [0.2, 0.25) is 11.8 Å². The number of carbonyl (C=O) groups excluding carboxylic acids is 2. The Labute approximate surface area is 129 Å². The minimum Gasteiger partial charge on any atom is -0.491 e. The average Bonchev–Trinajstić information content (AvgIpc) is 3.20. The number of rotatable bonds is 4. The monoisotopic (exact) mass is 297 g/mol. The van der Waals surface area contributed by atoms with Gasteiger partial charge in [-0.15, -0.1) is 0 Å². The summed E-state index contributed by atoms with van der Waals surface area (Å²) in [5, 5.41) is 0. The van der Waals surface area contributed by atoms with Crippen molar-refractivity contribution in [2.24, 2.45) is 23.7 Å². The van der Waals surface area contributed by atoms with Gasteiger partial charge < -0.3 is 4.74 Å². The second-order valence-corrected chi connectivity index (χ2v) is 6.33. The van der Waals surface area contributed by atoms with E-state index in [2.05, 4.69) is 12.2 Å². The van der Waals surface area contributed by atoms with E-state index in [0.717, 1.165) is 12.8 Å². The van der Waals surface area contributed by atoms with Crippen molar-refractivity contribution >= 4 is 17.5 Å². The van der Waals surface area contributed by atoms with Crippen LogP contribution in [0.4, 0.5) is 5.69 Å². The van der Waals surface area contributed by atoms with Crippen molar-refractivity contribution in [3.05, 3.63) is 36.4 Å². The Balaban J connectivity index is 1.70. The van der Waals surface area contributed by atoms with Crippen LogP contribution in [0.3, 0.4) is 0 Å². The molecule has 1 aromatic carbocycles. The molecule has 1 aromatic rings. The number of nitrogens with zero attached hydrogens (tertiary/aromatic N) is 1. The fourth-order valence-electron chi connectivity index (χ4n) is 4.12. The van der Waals surface area contributed by atoms with Gasteiger partial charge in [-0.05, 0) is 36.8 Å². The molecule has 1 saturated heterocycles. The van der Waals surface area contributed by atoms with Gasteiger partial charge in [0, 0.05) is 0 Å². The van der Waals surface area contributed by atoms with Gasteiger partial charge in [0.1, 0.15) is 5.75 Å². The summed E-state index contributed by atoms with van der Waals surface area (Å²) < 4.78 is 5.73. The van der Waals surface area contributed by atoms with Crippen molar-refractivity contribution in [2.45, 2.75) is 19.8 Å². The summed E-state index contributed by atoms with van der Waals surface area (Å²) in [5.41, 5.74) is 0.597. The molecule has 0 aromatic heterocycles. The van der Waals surface area contributed by atoms with Crippen molar-refractivity contribution < 1.29 is 14.3 Å². The second-order valence-electron chi connectivity index (χ2n) is 6.33. The van der Waals surface area contributed by atoms with Crippen LogP contribution in [0.1, 0.15) is 19.8 Å². The zero-order chi connectivity index (χ0) is 15.3. The Kier molecular flexibility index (Phi) is 3.06. The molecule has 4 heteroatoms. The van der Waals surface area contributed by atoms with Crippen LogP contribution in [-0.2, 0) is 9.59 Å². The quantitative estimate of drug-likeness (QED) is 0.634. The maximum absolute atomic E-state index is 12.8. The fraction of sp³-hybridized carbons (Fsp3) is 0.444. The standard InChI is InChI=1S/C18H19NO3/c1-2-9-22-14-6-4-3-5-13(14)19-17(20)15-11-7-8-12(10-11)16(15)18(19)21/h3-8,11-12,15-16H,2,9-10H2,1H3/t11-,12-,15-,16-/m0/s1. The molecule has 1 heterocycles. The van der Waals surface area contributed by atoms with Gasteiger partial charge in [-0.3, -0.25) is 9.59 Å². The SMILES string of the molecule is CCCOc1ccccc1N1C(=O)[C@@H]2[C@@H](C1=O)[C@H]1C=C[C@H]2C1. The summed E-state index contributed by atoms with van der Waals surface area (Å²) in [4.78, 5) is 27.0. The summed E-state index contributed by atoms with van der Waals surface area (Å²) in [5.74, 6) is 0.647. The first kappa shape index (κ1) is 13.6. The number of benzene rings is 1. The van der Waals surface area contributed by atoms with Gasteiger partial charge in [-0.1, -0.05) is 31.2 Å². The number of allylic oxidation sites excluding steroid dienone is 2. The largest absolute Gasteiger partial charge is 0.491 e. The normalized spacial score (nSPS) is 32.0. The molecule has 22 heavy (non-hydrogen) atoms. The molecule has 3 aliphatic rings. The molecular formula is C18H19NO3. The molecule has 0 radical (unpaired) electrons. The van der Waals surface area contributed by atoms with Crippen LogP contribution < -0.4 is 9.64 Å². The lowest BCUT2D eigenvalue weighted by Crippen LogP contribution is -2.33. The number of hydrogen-bond acceptors (Lipinski definition) is 3. The van der Waals surface area contributed by atoms with E-state index in [1.807, 2.05) is 25.1 Å². The molecule has 4 atom stereocenters. The van der Waals surface area contributed by atoms with Gasteiger partial charge in [-0.25, -0.2) is 4.90 Å². The second kappa shape index (κ2) is 4.97. The summed E-state index contributed by atoms with van der Waals surface area (Å²) in [6.07, 6.45) is 6.06. The van der Waals surface area contributed by atoms with Crippen LogP contribution in [-0.4, -0.2) is 18.4 Å². The van der Waals surface area contributed by atoms with E-state index in [4.69, 9.17) is 4.74 Å². The summed E-state index contributed by atoms with van der Waals surface area (Å²) in [6, 6.07) is 7.34. The molecule has 4 rings (SSSR count). The van der Waals surface area contributed by atoms with E-state index in [1.165, 1.54) is 4.90 Å². The van der Waals surface area contributed by atoms with E-state index in [-0.39, 0.29) is 35.5 Å². The zero-order valence-electron chi connectivity index (χ0n) is 12.6. The fourth-order valence-corrected chi connectivity index (χ4v) is 4.12. The topological polar surface area (TPSA) is 46.6 Å². The first-order valence-corrected chi connectivity index (χ1v) is 8.00. The number of ether oxygens (including phenoxy) is 1. The zero-order valence-corrected chi connectivity index (χ0v) is 12.6. The molecule has 4 nitrogen and oxygen atoms in total. The lowest BCUT2D eigenvalue weighted by molar-refractivity contribution is -0.123. The Hall–Kier alpha value is -2.10. The van der Waals surface area contributed by atoms with Gasteiger partial charge in [0.15, 0.2) is 0 Å². The van der Waals surface area contributed by atoms with E-state index >= 15 is 0 Å². The average molecular weight is 297 g/mol. The first-order chi connectivity index (χ1) is 10.7. The molecule has 0 N–H and O–H groups in total. The van der Waals surface area contributed by atoms with Crippen LogP contribution in [0.25, 0.3) is 0 Å². The third-order valence-corrected chi connectivity index (χ3v) is 5.04. The molecule has 2 amide bonds. The Morgan fingerprint density at radius 2 is 1.73 bits per heavy atom. The third kappa shape index (κ3) is 1.76. The number of para-hydroxylation sites is 2. The molecule has 2 aliphatic carbocycles. The van der Waals surface area contributed by atoms with Crippen LogP contribution in [0.5, 0.6) is 5.75 Å². The van der Waals surface area contributed by atoms with Crippen LogP contribution in [0.15, 0.2) is 36.4 Å². The smallest absolute Gasteiger partial charge is 0.238 e. The highest BCUT2D eigenvalue weighted by Crippen LogP contribution is 2.53. The van der Waals surface area contributed by atoms with Gasteiger partial charge in [0.25, 0.3) is 0 Å². The lowest BCUT2D eigenvalue weighted by atomic mass is 9.85. The highest BCUT2D eigenvalue weighted by molar-refractivity contribution is 6.23. The lowest BCUT2D eigenvalue weighted by Gasteiger charge is -2.20. The molecule has 114 valence electrons. The Morgan fingerprint density at radius 1 is 1.09 bits per heavy atom. The molecule has 1 aliphatic heterocycles. The van der Waals surface area contributed by atoms with Crippen molar-refractivity contribution in [3.8, 4) is 5.75 Å². The number of fused-ring (bicyclic) bond motifs is 5. The molecular weight excluding hydrogens is 278 g/mol.